The molecule has 0 aliphatic heterocycles. The normalized spacial score (nSPS) is 12.2. The third kappa shape index (κ3) is 20.4. The van der Waals surface area contributed by atoms with E-state index in [9.17, 15) is 0 Å². The quantitative estimate of drug-likeness (QED) is 0.0791. The molecule has 0 spiro atoms. The highest BCUT2D eigenvalue weighted by atomic mass is 31.3. The van der Waals surface area contributed by atoms with Gasteiger partial charge in [0.05, 0.1) is 39.6 Å². The lowest BCUT2D eigenvalue weighted by Gasteiger charge is -2.29. The minimum Gasteiger partial charge on any atom is -0.322 e. The summed E-state index contributed by atoms with van der Waals surface area (Å²) in [6.07, 6.45) is 12.0. The van der Waals surface area contributed by atoms with Gasteiger partial charge < -0.3 is 27.1 Å². The van der Waals surface area contributed by atoms with E-state index in [0.717, 1.165) is 77.0 Å². The minimum absolute atomic E-state index is 0.549. The molecule has 0 rings (SSSR count). The fraction of sp³-hybridized carbons (Fsp3) is 1.00. The Kier molecular flexibility index (Phi) is 27.0. The van der Waals surface area contributed by atoms with Crippen molar-refractivity contribution >= 4 is 24.7 Å². The number of nitrogens with zero attached hydrogens (tertiary/aromatic N) is 1. The first-order valence-corrected chi connectivity index (χ1v) is 17.8. The van der Waals surface area contributed by atoms with E-state index in [-0.39, 0.29) is 0 Å². The zero-order valence-corrected chi connectivity index (χ0v) is 26.1. The standard InChI is InChI=1S/C24H55N2O6P3/c1-7-13-19-27-33(28-20-14-8-2)25-35(31-23-17-11-5,32-24-18-12-6)26-34(29-21-15-9-3)30-22-16-10-4/h25H,7-24H2,1-6H3. The third-order valence-electron chi connectivity index (χ3n) is 4.74. The van der Waals surface area contributed by atoms with E-state index < -0.39 is 24.7 Å². The number of nitrogens with one attached hydrogen (secondary N) is 1. The summed E-state index contributed by atoms with van der Waals surface area (Å²) < 4.78 is 42.4. The Morgan fingerprint density at radius 1 is 0.514 bits per heavy atom. The lowest BCUT2D eigenvalue weighted by Crippen LogP contribution is -2.15. The molecule has 35 heavy (non-hydrogen) atoms. The maximum atomic E-state index is 6.43. The molecule has 0 aliphatic carbocycles. The average Bonchev–Trinajstić information content (AvgIpc) is 2.84. The van der Waals surface area contributed by atoms with E-state index in [1.165, 1.54) is 0 Å². The van der Waals surface area contributed by atoms with Crippen LogP contribution in [-0.4, -0.2) is 39.6 Å². The summed E-state index contributed by atoms with van der Waals surface area (Å²) in [7, 11) is -5.87. The van der Waals surface area contributed by atoms with Crippen molar-refractivity contribution in [3.05, 3.63) is 0 Å². The number of rotatable bonds is 27. The van der Waals surface area contributed by atoms with Crippen molar-refractivity contribution in [1.82, 2.24) is 4.86 Å². The number of hydrogen-bond donors (Lipinski definition) is 1. The van der Waals surface area contributed by atoms with Crippen LogP contribution < -0.4 is 4.86 Å². The summed E-state index contributed by atoms with van der Waals surface area (Å²) in [6, 6.07) is 0. The summed E-state index contributed by atoms with van der Waals surface area (Å²) in [6.45, 7) is 16.5. The van der Waals surface area contributed by atoms with Gasteiger partial charge in [-0.1, -0.05) is 80.1 Å². The van der Waals surface area contributed by atoms with Crippen LogP contribution in [0, 0.1) is 0 Å². The van der Waals surface area contributed by atoms with E-state index in [1.54, 1.807) is 0 Å². The molecule has 0 radical (unpaired) electrons. The van der Waals surface area contributed by atoms with Crippen molar-refractivity contribution < 1.29 is 27.1 Å². The van der Waals surface area contributed by atoms with E-state index in [1.807, 2.05) is 0 Å². The Hall–Kier alpha value is 0.810. The van der Waals surface area contributed by atoms with Gasteiger partial charge in [-0.2, -0.15) is 9.37 Å². The zero-order chi connectivity index (χ0) is 26.0. The molecule has 0 saturated carbocycles. The molecule has 8 nitrogen and oxygen atoms in total. The monoisotopic (exact) mass is 560 g/mol. The lowest BCUT2D eigenvalue weighted by atomic mass is 10.4. The maximum absolute atomic E-state index is 6.43. The van der Waals surface area contributed by atoms with Gasteiger partial charge in [0.25, 0.3) is 8.53 Å². The van der Waals surface area contributed by atoms with Crippen LogP contribution in [0.3, 0.4) is 0 Å². The van der Waals surface area contributed by atoms with Crippen LogP contribution in [0.1, 0.15) is 119 Å². The Morgan fingerprint density at radius 3 is 1.23 bits per heavy atom. The lowest BCUT2D eigenvalue weighted by molar-refractivity contribution is 0.214. The Bertz CT molecular complexity index is 472. The predicted molar refractivity (Wildman–Crippen MR) is 151 cm³/mol. The molecule has 212 valence electrons. The first kappa shape index (κ1) is 35.8. The molecule has 0 aromatic heterocycles. The molecule has 0 aromatic carbocycles. The molecular formula is C24H55N2O6P3. The van der Waals surface area contributed by atoms with Gasteiger partial charge in [-0.05, 0) is 38.5 Å². The van der Waals surface area contributed by atoms with E-state index in [4.69, 9.17) is 31.7 Å². The predicted octanol–water partition coefficient (Wildman–Crippen LogP) is 9.88. The molecular weight excluding hydrogens is 505 g/mol. The molecule has 0 unspecified atom stereocenters. The van der Waals surface area contributed by atoms with Gasteiger partial charge >= 0.3 is 16.2 Å². The van der Waals surface area contributed by atoms with Crippen LogP contribution in [0.25, 0.3) is 0 Å². The highest BCUT2D eigenvalue weighted by molar-refractivity contribution is 7.70. The van der Waals surface area contributed by atoms with Crippen molar-refractivity contribution in [2.75, 3.05) is 39.6 Å². The van der Waals surface area contributed by atoms with Gasteiger partial charge in [-0.15, -0.1) is 0 Å². The van der Waals surface area contributed by atoms with Gasteiger partial charge in [-0.25, -0.2) is 0 Å². The summed E-state index contributed by atoms with van der Waals surface area (Å²) >= 11 is 0. The SMILES string of the molecule is CCCCOP(N=P(NP(OCCCC)OCCCC)(OCCCC)OCCCC)OCCCC. The molecule has 11 heteroatoms. The third-order valence-corrected chi connectivity index (χ3v) is 10.6. The first-order valence-electron chi connectivity index (χ1n) is 13.9. The van der Waals surface area contributed by atoms with Gasteiger partial charge in [0.1, 0.15) is 0 Å². The first-order chi connectivity index (χ1) is 17.1. The fourth-order valence-corrected chi connectivity index (χ4v) is 8.37. The van der Waals surface area contributed by atoms with Crippen LogP contribution >= 0.6 is 24.7 Å². The van der Waals surface area contributed by atoms with Crippen molar-refractivity contribution in [2.24, 2.45) is 4.52 Å². The minimum atomic E-state index is -2.93. The molecule has 0 fully saturated rings. The van der Waals surface area contributed by atoms with Gasteiger partial charge in [-0.3, -0.25) is 0 Å². The summed E-state index contributed by atoms with van der Waals surface area (Å²) in [5.74, 6) is 0. The second-order valence-electron chi connectivity index (χ2n) is 8.33. The molecule has 0 aromatic rings. The molecule has 0 saturated heterocycles. The second kappa shape index (κ2) is 26.4. The molecule has 0 atom stereocenters. The average molecular weight is 561 g/mol. The van der Waals surface area contributed by atoms with Crippen molar-refractivity contribution in [2.45, 2.75) is 119 Å². The van der Waals surface area contributed by atoms with Gasteiger partial charge in [0, 0.05) is 0 Å². The Labute approximate surface area is 219 Å². The molecule has 0 heterocycles. The van der Waals surface area contributed by atoms with Crippen LogP contribution in [0.15, 0.2) is 4.52 Å². The topological polar surface area (TPSA) is 79.8 Å². The molecule has 0 aliphatic rings. The van der Waals surface area contributed by atoms with E-state index >= 15 is 0 Å². The van der Waals surface area contributed by atoms with Crippen LogP contribution in [-0.2, 0) is 27.1 Å². The zero-order valence-electron chi connectivity index (χ0n) is 23.5. The molecule has 0 bridgehead atoms. The summed E-state index contributed by atoms with van der Waals surface area (Å²) in [4.78, 5) is 3.49. The highest BCUT2D eigenvalue weighted by Gasteiger charge is 2.31. The van der Waals surface area contributed by atoms with Crippen LogP contribution in [0.5, 0.6) is 0 Å². The van der Waals surface area contributed by atoms with Crippen molar-refractivity contribution in [3.63, 3.8) is 0 Å². The summed E-state index contributed by atoms with van der Waals surface area (Å²) in [5, 5.41) is 0. The van der Waals surface area contributed by atoms with Gasteiger partial charge in [0.2, 0.25) is 0 Å². The van der Waals surface area contributed by atoms with Crippen molar-refractivity contribution in [1.29, 1.82) is 0 Å². The van der Waals surface area contributed by atoms with Crippen LogP contribution in [0.4, 0.5) is 0 Å². The fourth-order valence-electron chi connectivity index (χ4n) is 2.37. The second-order valence-corrected chi connectivity index (χ2v) is 13.4. The molecule has 0 amide bonds. The van der Waals surface area contributed by atoms with E-state index in [0.29, 0.717) is 39.6 Å². The van der Waals surface area contributed by atoms with Crippen LogP contribution in [0.2, 0.25) is 0 Å². The number of hydrogen-bond acceptors (Lipinski definition) is 7. The van der Waals surface area contributed by atoms with Crippen molar-refractivity contribution in [3.8, 4) is 0 Å². The largest absolute Gasteiger partial charge is 0.322 e. The highest BCUT2D eigenvalue weighted by Crippen LogP contribution is 2.62. The molecule has 1 N–H and O–H groups in total. The van der Waals surface area contributed by atoms with E-state index in [2.05, 4.69) is 46.4 Å². The van der Waals surface area contributed by atoms with Gasteiger partial charge in [0.15, 0.2) is 0 Å². The maximum Gasteiger partial charge on any atom is 0.313 e. The Balaban J connectivity index is 5.99. The smallest absolute Gasteiger partial charge is 0.313 e. The summed E-state index contributed by atoms with van der Waals surface area (Å²) in [5.41, 5.74) is 0. The Morgan fingerprint density at radius 2 is 0.857 bits per heavy atom. The number of unbranched alkanes of at least 4 members (excludes halogenated alkanes) is 6.